The van der Waals surface area contributed by atoms with E-state index in [0.29, 0.717) is 23.6 Å². The molecule has 4 nitrogen and oxygen atoms in total. The van der Waals surface area contributed by atoms with Crippen LogP contribution in [-0.4, -0.2) is 30.8 Å². The number of nitrogens with zero attached hydrogens (tertiary/aromatic N) is 1. The van der Waals surface area contributed by atoms with Crippen molar-refractivity contribution in [1.29, 1.82) is 0 Å². The topological polar surface area (TPSA) is 49.4 Å². The Balaban J connectivity index is 2.01. The van der Waals surface area contributed by atoms with Crippen molar-refractivity contribution in [2.24, 2.45) is 5.92 Å². The van der Waals surface area contributed by atoms with Crippen LogP contribution < -0.4 is 5.32 Å². The molecule has 0 bridgehead atoms. The van der Waals surface area contributed by atoms with E-state index >= 15 is 0 Å². The number of anilines is 1. The molecule has 1 aliphatic rings. The van der Waals surface area contributed by atoms with Gasteiger partial charge >= 0.3 is 0 Å². The number of carbonyl (C=O) groups is 2. The predicted octanol–water partition coefficient (Wildman–Crippen LogP) is 3.30. The van der Waals surface area contributed by atoms with Gasteiger partial charge in [0.2, 0.25) is 5.91 Å². The van der Waals surface area contributed by atoms with E-state index in [0.717, 1.165) is 12.8 Å². The fraction of sp³-hybridized carbons (Fsp3) is 0.529. The molecule has 0 radical (unpaired) electrons. The van der Waals surface area contributed by atoms with E-state index in [-0.39, 0.29) is 11.8 Å². The average Bonchev–Trinajstić information content (AvgIpc) is 2.48. The maximum Gasteiger partial charge on any atom is 0.255 e. The molecule has 1 aliphatic carbocycles. The second-order valence-electron chi connectivity index (χ2n) is 6.00. The molecule has 114 valence electrons. The molecule has 1 N–H and O–H groups in total. The number of para-hydroxylation sites is 1. The van der Waals surface area contributed by atoms with Gasteiger partial charge in [-0.05, 0) is 30.9 Å². The highest BCUT2D eigenvalue weighted by molar-refractivity contribution is 6.03. The molecule has 0 spiro atoms. The molecular weight excluding hydrogens is 264 g/mol. The van der Waals surface area contributed by atoms with Crippen molar-refractivity contribution in [3.63, 3.8) is 0 Å². The van der Waals surface area contributed by atoms with E-state index < -0.39 is 0 Å². The first-order valence-corrected chi connectivity index (χ1v) is 7.68. The summed E-state index contributed by atoms with van der Waals surface area (Å²) >= 11 is 0. The molecule has 1 saturated carbocycles. The van der Waals surface area contributed by atoms with Crippen LogP contribution in [-0.2, 0) is 4.79 Å². The number of rotatable bonds is 4. The van der Waals surface area contributed by atoms with E-state index in [4.69, 9.17) is 0 Å². The minimum absolute atomic E-state index is 0.0147. The maximum absolute atomic E-state index is 12.2. The lowest BCUT2D eigenvalue weighted by Crippen LogP contribution is -2.24. The first kappa shape index (κ1) is 15.5. The third kappa shape index (κ3) is 4.31. The van der Waals surface area contributed by atoms with Gasteiger partial charge in [-0.2, -0.15) is 0 Å². The number of benzene rings is 1. The van der Waals surface area contributed by atoms with Gasteiger partial charge < -0.3 is 10.2 Å². The molecule has 1 aromatic carbocycles. The van der Waals surface area contributed by atoms with Crippen molar-refractivity contribution in [2.45, 2.75) is 38.5 Å². The number of amides is 2. The van der Waals surface area contributed by atoms with Gasteiger partial charge in [-0.3, -0.25) is 9.59 Å². The Hall–Kier alpha value is -1.84. The lowest BCUT2D eigenvalue weighted by atomic mass is 9.87. The molecule has 1 fully saturated rings. The van der Waals surface area contributed by atoms with Crippen molar-refractivity contribution in [2.75, 3.05) is 19.4 Å². The molecule has 0 saturated heterocycles. The standard InChI is InChI=1S/C17H24N2O2/c1-19(2)17(21)14-10-6-7-11-15(14)18-16(20)12-13-8-4-3-5-9-13/h6-7,10-11,13H,3-5,8-9,12H2,1-2H3,(H,18,20). The maximum atomic E-state index is 12.2. The molecule has 0 unspecified atom stereocenters. The third-order valence-corrected chi connectivity index (χ3v) is 4.04. The van der Waals surface area contributed by atoms with Gasteiger partial charge in [0.1, 0.15) is 0 Å². The van der Waals surface area contributed by atoms with E-state index in [1.54, 1.807) is 26.2 Å². The van der Waals surface area contributed by atoms with Crippen molar-refractivity contribution in [3.8, 4) is 0 Å². The van der Waals surface area contributed by atoms with E-state index in [2.05, 4.69) is 5.32 Å². The quantitative estimate of drug-likeness (QED) is 0.924. The zero-order valence-corrected chi connectivity index (χ0v) is 12.9. The number of hydrogen-bond acceptors (Lipinski definition) is 2. The van der Waals surface area contributed by atoms with Gasteiger partial charge in [-0.1, -0.05) is 31.4 Å². The van der Waals surface area contributed by atoms with Gasteiger partial charge in [-0.15, -0.1) is 0 Å². The first-order chi connectivity index (χ1) is 10.1. The second kappa shape index (κ2) is 7.25. The lowest BCUT2D eigenvalue weighted by molar-refractivity contribution is -0.117. The molecule has 0 atom stereocenters. The minimum atomic E-state index is -0.0939. The van der Waals surface area contributed by atoms with E-state index in [1.807, 2.05) is 12.1 Å². The Morgan fingerprint density at radius 2 is 1.81 bits per heavy atom. The number of nitrogens with one attached hydrogen (secondary N) is 1. The molecule has 0 heterocycles. The van der Waals surface area contributed by atoms with Crippen LogP contribution in [0.2, 0.25) is 0 Å². The van der Waals surface area contributed by atoms with E-state index in [1.165, 1.54) is 24.2 Å². The highest BCUT2D eigenvalue weighted by atomic mass is 16.2. The molecule has 0 aliphatic heterocycles. The van der Waals surface area contributed by atoms with Crippen molar-refractivity contribution >= 4 is 17.5 Å². The molecule has 0 aromatic heterocycles. The van der Waals surface area contributed by atoms with Crippen LogP contribution in [0.5, 0.6) is 0 Å². The number of carbonyl (C=O) groups excluding carboxylic acids is 2. The SMILES string of the molecule is CN(C)C(=O)c1ccccc1NC(=O)CC1CCCCC1. The van der Waals surface area contributed by atoms with E-state index in [9.17, 15) is 9.59 Å². The van der Waals surface area contributed by atoms with Crippen LogP contribution in [0.3, 0.4) is 0 Å². The van der Waals surface area contributed by atoms with Crippen LogP contribution in [0, 0.1) is 5.92 Å². The highest BCUT2D eigenvalue weighted by Gasteiger charge is 2.19. The fourth-order valence-electron chi connectivity index (χ4n) is 2.87. The zero-order valence-electron chi connectivity index (χ0n) is 12.9. The summed E-state index contributed by atoms with van der Waals surface area (Å²) < 4.78 is 0. The summed E-state index contributed by atoms with van der Waals surface area (Å²) in [7, 11) is 3.42. The van der Waals surface area contributed by atoms with Crippen LogP contribution in [0.15, 0.2) is 24.3 Å². The average molecular weight is 288 g/mol. The third-order valence-electron chi connectivity index (χ3n) is 4.04. The zero-order chi connectivity index (χ0) is 15.2. The number of hydrogen-bond donors (Lipinski definition) is 1. The molecule has 2 rings (SSSR count). The first-order valence-electron chi connectivity index (χ1n) is 7.68. The van der Waals surface area contributed by atoms with Crippen molar-refractivity contribution in [3.05, 3.63) is 29.8 Å². The summed E-state index contributed by atoms with van der Waals surface area (Å²) in [5, 5.41) is 2.91. The lowest BCUT2D eigenvalue weighted by Gasteiger charge is -2.21. The van der Waals surface area contributed by atoms with Crippen LogP contribution in [0.1, 0.15) is 48.9 Å². The highest BCUT2D eigenvalue weighted by Crippen LogP contribution is 2.27. The smallest absolute Gasteiger partial charge is 0.255 e. The Morgan fingerprint density at radius 1 is 1.14 bits per heavy atom. The van der Waals surface area contributed by atoms with Crippen LogP contribution in [0.4, 0.5) is 5.69 Å². The van der Waals surface area contributed by atoms with Crippen LogP contribution in [0.25, 0.3) is 0 Å². The monoisotopic (exact) mass is 288 g/mol. The molecule has 21 heavy (non-hydrogen) atoms. The van der Waals surface area contributed by atoms with Crippen LogP contribution >= 0.6 is 0 Å². The van der Waals surface area contributed by atoms with Gasteiger partial charge in [0.25, 0.3) is 5.91 Å². The second-order valence-corrected chi connectivity index (χ2v) is 6.00. The normalized spacial score (nSPS) is 15.5. The summed E-state index contributed by atoms with van der Waals surface area (Å²) in [6.45, 7) is 0. The summed E-state index contributed by atoms with van der Waals surface area (Å²) in [6.07, 6.45) is 6.60. The molecule has 2 amide bonds. The van der Waals surface area contributed by atoms with Crippen molar-refractivity contribution < 1.29 is 9.59 Å². The fourth-order valence-corrected chi connectivity index (χ4v) is 2.87. The summed E-state index contributed by atoms with van der Waals surface area (Å²) in [6, 6.07) is 7.18. The molecule has 1 aromatic rings. The Kier molecular flexibility index (Phi) is 5.37. The van der Waals surface area contributed by atoms with Gasteiger partial charge in [0.15, 0.2) is 0 Å². The minimum Gasteiger partial charge on any atom is -0.345 e. The molecular formula is C17H24N2O2. The largest absolute Gasteiger partial charge is 0.345 e. The Labute approximate surface area is 126 Å². The predicted molar refractivity (Wildman–Crippen MR) is 84.3 cm³/mol. The van der Waals surface area contributed by atoms with Crippen molar-refractivity contribution in [1.82, 2.24) is 4.90 Å². The van der Waals surface area contributed by atoms with Gasteiger partial charge in [0.05, 0.1) is 11.3 Å². The summed E-state index contributed by atoms with van der Waals surface area (Å²) in [5.74, 6) is 0.417. The Bertz CT molecular complexity index is 505. The summed E-state index contributed by atoms with van der Waals surface area (Å²) in [5.41, 5.74) is 1.15. The summed E-state index contributed by atoms with van der Waals surface area (Å²) in [4.78, 5) is 25.8. The molecule has 4 heteroatoms. The Morgan fingerprint density at radius 3 is 2.48 bits per heavy atom. The van der Waals surface area contributed by atoms with Gasteiger partial charge in [-0.25, -0.2) is 0 Å². The van der Waals surface area contributed by atoms with Gasteiger partial charge in [0, 0.05) is 20.5 Å².